The molecule has 7 heteroatoms. The molecule has 148 valence electrons. The predicted molar refractivity (Wildman–Crippen MR) is 109 cm³/mol. The standard InChI is InChI=1S/C22H21FN4O2/c23-17-2-3-18-19(11-24-21(18)10-17)15-1-4-20-16(9-15)13-27(25-20)12-14-5-7-26(8-6-14)22(28)29/h1-4,9-11,13-14,24H,5-8,12H2,(H,28,29). The quantitative estimate of drug-likeness (QED) is 0.530. The first-order valence-electron chi connectivity index (χ1n) is 9.79. The maximum absolute atomic E-state index is 13.4. The van der Waals surface area contributed by atoms with Gasteiger partial charge in [0.2, 0.25) is 0 Å². The summed E-state index contributed by atoms with van der Waals surface area (Å²) in [6.07, 6.45) is 4.85. The van der Waals surface area contributed by atoms with Crippen LogP contribution in [0.5, 0.6) is 0 Å². The van der Waals surface area contributed by atoms with Gasteiger partial charge in [-0.2, -0.15) is 5.10 Å². The van der Waals surface area contributed by atoms with Crippen molar-refractivity contribution in [2.45, 2.75) is 19.4 Å². The van der Waals surface area contributed by atoms with Gasteiger partial charge in [-0.1, -0.05) is 6.07 Å². The maximum atomic E-state index is 13.4. The molecular weight excluding hydrogens is 371 g/mol. The van der Waals surface area contributed by atoms with Gasteiger partial charge in [0.05, 0.1) is 5.52 Å². The Bertz CT molecular complexity index is 1200. The van der Waals surface area contributed by atoms with Gasteiger partial charge in [0.25, 0.3) is 0 Å². The van der Waals surface area contributed by atoms with Crippen LogP contribution in [0.1, 0.15) is 12.8 Å². The van der Waals surface area contributed by atoms with Crippen LogP contribution in [0.15, 0.2) is 48.8 Å². The number of H-pyrrole nitrogens is 1. The van der Waals surface area contributed by atoms with E-state index in [4.69, 9.17) is 5.11 Å². The fraction of sp³-hybridized carbons (Fsp3) is 0.273. The minimum atomic E-state index is -0.833. The topological polar surface area (TPSA) is 74.2 Å². The van der Waals surface area contributed by atoms with Gasteiger partial charge in [-0.05, 0) is 54.7 Å². The minimum Gasteiger partial charge on any atom is -0.465 e. The predicted octanol–water partition coefficient (Wildman–Crippen LogP) is 4.71. The van der Waals surface area contributed by atoms with Gasteiger partial charge in [0.15, 0.2) is 0 Å². The molecule has 0 saturated carbocycles. The molecule has 2 aromatic carbocycles. The Morgan fingerprint density at radius 1 is 1.21 bits per heavy atom. The largest absolute Gasteiger partial charge is 0.465 e. The monoisotopic (exact) mass is 392 g/mol. The van der Waals surface area contributed by atoms with Crippen molar-refractivity contribution in [3.8, 4) is 11.1 Å². The molecule has 1 amide bonds. The first-order valence-corrected chi connectivity index (χ1v) is 9.79. The second-order valence-corrected chi connectivity index (χ2v) is 7.73. The molecule has 3 heterocycles. The van der Waals surface area contributed by atoms with Crippen molar-refractivity contribution in [1.82, 2.24) is 19.7 Å². The van der Waals surface area contributed by atoms with Crippen molar-refractivity contribution in [2.75, 3.05) is 13.1 Å². The number of halogens is 1. The Labute approximate surface area is 166 Å². The highest BCUT2D eigenvalue weighted by Crippen LogP contribution is 2.31. The van der Waals surface area contributed by atoms with Crippen molar-refractivity contribution in [3.63, 3.8) is 0 Å². The molecule has 1 aliphatic rings. The molecule has 0 unspecified atom stereocenters. The number of aromatic amines is 1. The molecule has 4 aromatic rings. The number of piperidine rings is 1. The lowest BCUT2D eigenvalue weighted by atomic mass is 9.97. The van der Waals surface area contributed by atoms with Crippen molar-refractivity contribution >= 4 is 27.9 Å². The van der Waals surface area contributed by atoms with Crippen LogP contribution in [0.2, 0.25) is 0 Å². The number of carbonyl (C=O) groups is 1. The fourth-order valence-electron chi connectivity index (χ4n) is 4.25. The second kappa shape index (κ2) is 6.92. The zero-order chi connectivity index (χ0) is 20.0. The normalized spacial score (nSPS) is 15.4. The summed E-state index contributed by atoms with van der Waals surface area (Å²) in [5.41, 5.74) is 3.81. The summed E-state index contributed by atoms with van der Waals surface area (Å²) in [5.74, 6) is 0.180. The highest BCUT2D eigenvalue weighted by molar-refractivity contribution is 5.97. The molecule has 1 fully saturated rings. The number of likely N-dealkylation sites (tertiary alicyclic amines) is 1. The van der Waals surface area contributed by atoms with Crippen LogP contribution in [0.25, 0.3) is 32.9 Å². The van der Waals surface area contributed by atoms with E-state index in [0.717, 1.165) is 52.3 Å². The lowest BCUT2D eigenvalue weighted by Crippen LogP contribution is -2.38. The molecule has 0 radical (unpaired) electrons. The number of hydrogen-bond donors (Lipinski definition) is 2. The number of carboxylic acid groups (broad SMARTS) is 1. The van der Waals surface area contributed by atoms with E-state index in [1.54, 1.807) is 6.07 Å². The summed E-state index contributed by atoms with van der Waals surface area (Å²) in [6.45, 7) is 1.97. The zero-order valence-corrected chi connectivity index (χ0v) is 15.8. The van der Waals surface area contributed by atoms with Crippen LogP contribution in [0.3, 0.4) is 0 Å². The van der Waals surface area contributed by atoms with E-state index in [2.05, 4.69) is 22.3 Å². The van der Waals surface area contributed by atoms with E-state index in [1.807, 2.05) is 23.0 Å². The van der Waals surface area contributed by atoms with E-state index >= 15 is 0 Å². The highest BCUT2D eigenvalue weighted by atomic mass is 19.1. The summed E-state index contributed by atoms with van der Waals surface area (Å²) in [5, 5.41) is 15.8. The molecule has 29 heavy (non-hydrogen) atoms. The average molecular weight is 392 g/mol. The molecule has 1 aliphatic heterocycles. The molecule has 2 N–H and O–H groups in total. The Kier molecular flexibility index (Phi) is 4.23. The van der Waals surface area contributed by atoms with Gasteiger partial charge in [-0.15, -0.1) is 0 Å². The molecule has 0 spiro atoms. The van der Waals surface area contributed by atoms with Crippen LogP contribution in [-0.2, 0) is 6.54 Å². The second-order valence-electron chi connectivity index (χ2n) is 7.73. The summed E-state index contributed by atoms with van der Waals surface area (Å²) in [7, 11) is 0. The number of nitrogens with one attached hydrogen (secondary N) is 1. The first kappa shape index (κ1) is 17.7. The van der Waals surface area contributed by atoms with Crippen LogP contribution in [0, 0.1) is 11.7 Å². The Hall–Kier alpha value is -3.35. The Morgan fingerprint density at radius 2 is 2.03 bits per heavy atom. The van der Waals surface area contributed by atoms with Gasteiger partial charge < -0.3 is 15.0 Å². The van der Waals surface area contributed by atoms with Gasteiger partial charge in [0, 0.05) is 53.9 Å². The lowest BCUT2D eigenvalue weighted by molar-refractivity contribution is 0.121. The summed E-state index contributed by atoms with van der Waals surface area (Å²) in [4.78, 5) is 15.7. The summed E-state index contributed by atoms with van der Waals surface area (Å²) < 4.78 is 15.4. The van der Waals surface area contributed by atoms with Crippen molar-refractivity contribution < 1.29 is 14.3 Å². The van der Waals surface area contributed by atoms with Crippen LogP contribution >= 0.6 is 0 Å². The minimum absolute atomic E-state index is 0.253. The van der Waals surface area contributed by atoms with E-state index < -0.39 is 6.09 Å². The molecule has 0 atom stereocenters. The third kappa shape index (κ3) is 3.33. The van der Waals surface area contributed by atoms with Crippen molar-refractivity contribution in [1.29, 1.82) is 0 Å². The van der Waals surface area contributed by atoms with E-state index in [9.17, 15) is 9.18 Å². The average Bonchev–Trinajstić information content (AvgIpc) is 3.30. The van der Waals surface area contributed by atoms with Gasteiger partial charge in [-0.25, -0.2) is 9.18 Å². The van der Waals surface area contributed by atoms with Crippen LogP contribution in [0.4, 0.5) is 9.18 Å². The number of hydrogen-bond acceptors (Lipinski definition) is 2. The van der Waals surface area contributed by atoms with E-state index in [0.29, 0.717) is 19.0 Å². The number of amides is 1. The van der Waals surface area contributed by atoms with E-state index in [1.165, 1.54) is 17.0 Å². The van der Waals surface area contributed by atoms with Gasteiger partial charge >= 0.3 is 6.09 Å². The molecule has 6 nitrogen and oxygen atoms in total. The van der Waals surface area contributed by atoms with Gasteiger partial charge in [0.1, 0.15) is 5.82 Å². The molecule has 2 aromatic heterocycles. The third-order valence-corrected chi connectivity index (χ3v) is 5.84. The van der Waals surface area contributed by atoms with Gasteiger partial charge in [-0.3, -0.25) is 4.68 Å². The summed E-state index contributed by atoms with van der Waals surface area (Å²) >= 11 is 0. The fourth-order valence-corrected chi connectivity index (χ4v) is 4.25. The molecule has 1 saturated heterocycles. The number of rotatable bonds is 3. The number of benzene rings is 2. The Morgan fingerprint density at radius 3 is 2.83 bits per heavy atom. The zero-order valence-electron chi connectivity index (χ0n) is 15.8. The maximum Gasteiger partial charge on any atom is 0.407 e. The molecule has 0 bridgehead atoms. The Balaban J connectivity index is 1.38. The first-order chi connectivity index (χ1) is 14.1. The lowest BCUT2D eigenvalue weighted by Gasteiger charge is -2.29. The summed E-state index contributed by atoms with van der Waals surface area (Å²) in [6, 6.07) is 10.9. The molecule has 5 rings (SSSR count). The highest BCUT2D eigenvalue weighted by Gasteiger charge is 2.22. The SMILES string of the molecule is O=C(O)N1CCC(Cn2cc3cc(-c4c[nH]c5cc(F)ccc45)ccc3n2)CC1. The van der Waals surface area contributed by atoms with Crippen molar-refractivity contribution in [3.05, 3.63) is 54.6 Å². The van der Waals surface area contributed by atoms with Crippen LogP contribution < -0.4 is 0 Å². The smallest absolute Gasteiger partial charge is 0.407 e. The number of aromatic nitrogens is 3. The molecule has 0 aliphatic carbocycles. The van der Waals surface area contributed by atoms with Crippen molar-refractivity contribution in [2.24, 2.45) is 5.92 Å². The van der Waals surface area contributed by atoms with E-state index in [-0.39, 0.29) is 5.82 Å². The third-order valence-electron chi connectivity index (χ3n) is 5.84. The number of nitrogens with zero attached hydrogens (tertiary/aromatic N) is 3. The number of fused-ring (bicyclic) bond motifs is 2. The molecular formula is C22H21FN4O2. The van der Waals surface area contributed by atoms with Crippen LogP contribution in [-0.4, -0.2) is 44.0 Å².